The van der Waals surface area contributed by atoms with E-state index in [0.29, 0.717) is 6.54 Å². The number of hydrogen-bond donors (Lipinski definition) is 1. The van der Waals surface area contributed by atoms with Gasteiger partial charge in [0.2, 0.25) is 0 Å². The first-order valence-corrected chi connectivity index (χ1v) is 6.76. The molecule has 19 heavy (non-hydrogen) atoms. The largest absolute Gasteiger partial charge is 0.480 e. The van der Waals surface area contributed by atoms with Gasteiger partial charge in [-0.25, -0.2) is 9.59 Å². The van der Waals surface area contributed by atoms with E-state index in [0.717, 1.165) is 25.9 Å². The van der Waals surface area contributed by atoms with Crippen LogP contribution in [-0.4, -0.2) is 64.3 Å². The van der Waals surface area contributed by atoms with Crippen LogP contribution in [-0.2, 0) is 9.53 Å². The van der Waals surface area contributed by atoms with E-state index in [1.807, 2.05) is 0 Å². The molecule has 0 aromatic carbocycles. The van der Waals surface area contributed by atoms with Crippen LogP contribution in [0.1, 0.15) is 33.6 Å². The van der Waals surface area contributed by atoms with Gasteiger partial charge in [-0.3, -0.25) is 9.80 Å². The number of amides is 1. The maximum absolute atomic E-state index is 12.1. The highest BCUT2D eigenvalue weighted by Gasteiger charge is 2.46. The maximum Gasteiger partial charge on any atom is 0.411 e. The van der Waals surface area contributed by atoms with E-state index in [4.69, 9.17) is 4.74 Å². The molecule has 108 valence electrons. The summed E-state index contributed by atoms with van der Waals surface area (Å²) in [7, 11) is 0. The zero-order chi connectivity index (χ0) is 14.2. The Labute approximate surface area is 113 Å². The lowest BCUT2D eigenvalue weighted by molar-refractivity contribution is -0.147. The van der Waals surface area contributed by atoms with Gasteiger partial charge < -0.3 is 9.84 Å². The quantitative estimate of drug-likeness (QED) is 0.774. The predicted molar refractivity (Wildman–Crippen MR) is 69.0 cm³/mol. The second-order valence-corrected chi connectivity index (χ2v) is 6.20. The second-order valence-electron chi connectivity index (χ2n) is 6.20. The number of piperazine rings is 1. The van der Waals surface area contributed by atoms with Gasteiger partial charge in [-0.15, -0.1) is 0 Å². The summed E-state index contributed by atoms with van der Waals surface area (Å²) < 4.78 is 5.31. The number of carbonyl (C=O) groups is 2. The Hall–Kier alpha value is -1.30. The lowest BCUT2D eigenvalue weighted by atomic mass is 10.0. The summed E-state index contributed by atoms with van der Waals surface area (Å²) in [6, 6.07) is -0.857. The summed E-state index contributed by atoms with van der Waals surface area (Å²) in [4.78, 5) is 27.2. The molecule has 2 aliphatic heterocycles. The lowest BCUT2D eigenvalue weighted by Gasteiger charge is -2.42. The fraction of sp³-hybridized carbons (Fsp3) is 0.846. The minimum atomic E-state index is -0.942. The van der Waals surface area contributed by atoms with Crippen LogP contribution in [0.25, 0.3) is 0 Å². The molecule has 2 heterocycles. The number of carbonyl (C=O) groups excluding carboxylic acids is 1. The van der Waals surface area contributed by atoms with Gasteiger partial charge in [0.25, 0.3) is 0 Å². The van der Waals surface area contributed by atoms with E-state index >= 15 is 0 Å². The maximum atomic E-state index is 12.1. The Morgan fingerprint density at radius 2 is 1.89 bits per heavy atom. The van der Waals surface area contributed by atoms with Gasteiger partial charge in [-0.05, 0) is 40.2 Å². The zero-order valence-electron chi connectivity index (χ0n) is 11.8. The topological polar surface area (TPSA) is 70.1 Å². The van der Waals surface area contributed by atoms with Crippen LogP contribution in [0.3, 0.4) is 0 Å². The molecular weight excluding hydrogens is 248 g/mol. The predicted octanol–water partition coefficient (Wildman–Crippen LogP) is 1.15. The molecule has 0 aliphatic carbocycles. The molecule has 6 nitrogen and oxygen atoms in total. The van der Waals surface area contributed by atoms with Crippen molar-refractivity contribution in [3.05, 3.63) is 0 Å². The number of nitrogens with zero attached hydrogens (tertiary/aromatic N) is 2. The zero-order valence-corrected chi connectivity index (χ0v) is 11.8. The number of carboxylic acid groups (broad SMARTS) is 1. The van der Waals surface area contributed by atoms with Crippen molar-refractivity contribution >= 4 is 12.1 Å². The average molecular weight is 270 g/mol. The molecule has 0 bridgehead atoms. The van der Waals surface area contributed by atoms with Crippen LogP contribution in [0.4, 0.5) is 4.79 Å². The fourth-order valence-electron chi connectivity index (χ4n) is 2.89. The van der Waals surface area contributed by atoms with Crippen molar-refractivity contribution < 1.29 is 19.4 Å². The molecule has 2 fully saturated rings. The highest BCUT2D eigenvalue weighted by Crippen LogP contribution is 2.28. The molecule has 6 heteroatoms. The molecule has 0 unspecified atom stereocenters. The third-order valence-corrected chi connectivity index (χ3v) is 3.62. The van der Waals surface area contributed by atoms with E-state index < -0.39 is 23.7 Å². The summed E-state index contributed by atoms with van der Waals surface area (Å²) in [5.74, 6) is -0.942. The summed E-state index contributed by atoms with van der Waals surface area (Å²) in [5.41, 5.74) is -0.604. The van der Waals surface area contributed by atoms with Gasteiger partial charge in [0.1, 0.15) is 11.6 Å². The molecule has 1 amide bonds. The van der Waals surface area contributed by atoms with Crippen molar-refractivity contribution in [3.63, 3.8) is 0 Å². The number of aliphatic carboxylic acids is 1. The standard InChI is InChI=1S/C13H22N2O4/c1-13(2,3)19-12(18)15-8-7-14-6-4-5-9(14)10(15)11(16)17/h9-10H,4-8H2,1-3H3,(H,16,17)/t9-,10-/m1/s1. The van der Waals surface area contributed by atoms with Crippen LogP contribution in [0.2, 0.25) is 0 Å². The molecule has 2 atom stereocenters. The highest BCUT2D eigenvalue weighted by molar-refractivity contribution is 5.81. The van der Waals surface area contributed by atoms with Gasteiger partial charge in [-0.2, -0.15) is 0 Å². The third-order valence-electron chi connectivity index (χ3n) is 3.62. The monoisotopic (exact) mass is 270 g/mol. The van der Waals surface area contributed by atoms with Gasteiger partial charge >= 0.3 is 12.1 Å². The SMILES string of the molecule is CC(C)(C)OC(=O)N1CCN2CCC[C@@H]2[C@@H]1C(=O)O. The second kappa shape index (κ2) is 5.00. The molecule has 2 saturated heterocycles. The summed E-state index contributed by atoms with van der Waals surface area (Å²) in [6.45, 7) is 7.43. The molecule has 0 aromatic rings. The first-order chi connectivity index (χ1) is 8.79. The van der Waals surface area contributed by atoms with Crippen LogP contribution in [0.15, 0.2) is 0 Å². The van der Waals surface area contributed by atoms with Crippen LogP contribution >= 0.6 is 0 Å². The fourth-order valence-corrected chi connectivity index (χ4v) is 2.89. The van der Waals surface area contributed by atoms with Crippen molar-refractivity contribution in [1.82, 2.24) is 9.80 Å². The molecule has 0 saturated carbocycles. The van der Waals surface area contributed by atoms with Crippen molar-refractivity contribution in [2.45, 2.75) is 51.3 Å². The number of carboxylic acids is 1. The minimum absolute atomic E-state index is 0.0706. The first-order valence-electron chi connectivity index (χ1n) is 6.76. The summed E-state index contributed by atoms with van der Waals surface area (Å²) >= 11 is 0. The normalized spacial score (nSPS) is 28.1. The smallest absolute Gasteiger partial charge is 0.411 e. The summed E-state index contributed by atoms with van der Waals surface area (Å²) in [6.07, 6.45) is 1.30. The van der Waals surface area contributed by atoms with Crippen LogP contribution in [0, 0.1) is 0 Å². The Kier molecular flexibility index (Phi) is 3.71. The molecule has 0 radical (unpaired) electrons. The van der Waals surface area contributed by atoms with E-state index in [1.54, 1.807) is 20.8 Å². The van der Waals surface area contributed by atoms with Gasteiger partial charge in [-0.1, -0.05) is 0 Å². The first kappa shape index (κ1) is 14.1. The molecule has 2 rings (SSSR count). The third kappa shape index (κ3) is 3.00. The van der Waals surface area contributed by atoms with E-state index in [9.17, 15) is 14.7 Å². The lowest BCUT2D eigenvalue weighted by Crippen LogP contribution is -2.62. The van der Waals surface area contributed by atoms with E-state index in [2.05, 4.69) is 4.90 Å². The Bertz CT molecular complexity index is 377. The number of hydrogen-bond acceptors (Lipinski definition) is 4. The van der Waals surface area contributed by atoms with Crippen LogP contribution in [0.5, 0.6) is 0 Å². The van der Waals surface area contributed by atoms with Crippen molar-refractivity contribution in [2.24, 2.45) is 0 Å². The van der Waals surface area contributed by atoms with Crippen molar-refractivity contribution in [1.29, 1.82) is 0 Å². The highest BCUT2D eigenvalue weighted by atomic mass is 16.6. The van der Waals surface area contributed by atoms with Crippen LogP contribution < -0.4 is 0 Å². The molecule has 2 aliphatic rings. The molecular formula is C13H22N2O4. The van der Waals surface area contributed by atoms with Crippen molar-refractivity contribution in [3.8, 4) is 0 Å². The Morgan fingerprint density at radius 3 is 2.47 bits per heavy atom. The number of ether oxygens (including phenoxy) is 1. The molecule has 1 N–H and O–H groups in total. The van der Waals surface area contributed by atoms with E-state index in [-0.39, 0.29) is 6.04 Å². The summed E-state index contributed by atoms with van der Waals surface area (Å²) in [5, 5.41) is 9.43. The number of rotatable bonds is 1. The minimum Gasteiger partial charge on any atom is -0.480 e. The van der Waals surface area contributed by atoms with E-state index in [1.165, 1.54) is 4.90 Å². The van der Waals surface area contributed by atoms with Gasteiger partial charge in [0.05, 0.1) is 0 Å². The molecule has 0 aromatic heterocycles. The van der Waals surface area contributed by atoms with Gasteiger partial charge in [0.15, 0.2) is 0 Å². The Balaban J connectivity index is 2.14. The van der Waals surface area contributed by atoms with Crippen molar-refractivity contribution in [2.75, 3.05) is 19.6 Å². The van der Waals surface area contributed by atoms with Gasteiger partial charge in [0, 0.05) is 19.1 Å². The Morgan fingerprint density at radius 1 is 1.21 bits per heavy atom. The average Bonchev–Trinajstić information content (AvgIpc) is 2.72. The number of fused-ring (bicyclic) bond motifs is 1. The molecule has 0 spiro atoms.